The van der Waals surface area contributed by atoms with Gasteiger partial charge in [-0.05, 0) is 32.2 Å². The first-order valence-electron chi connectivity index (χ1n) is 10.5. The van der Waals surface area contributed by atoms with E-state index in [4.69, 9.17) is 21.6 Å². The molecule has 3 heterocycles. The number of amides is 1. The fourth-order valence-electron chi connectivity index (χ4n) is 4.30. The fourth-order valence-corrected chi connectivity index (χ4v) is 4.47. The van der Waals surface area contributed by atoms with Gasteiger partial charge in [0.15, 0.2) is 0 Å². The number of fused-ring (bicyclic) bond motifs is 3. The van der Waals surface area contributed by atoms with Crippen LogP contribution in [-0.4, -0.2) is 67.0 Å². The van der Waals surface area contributed by atoms with E-state index in [1.165, 1.54) is 0 Å². The standard InChI is InChI=1S/C24H24ClN5O/c1-16(29-12-10-28(2)11-13-29)22-24(31)30-20-9-8-18(25)14-19(20)23(26-15-21(30)27-22)17-6-4-3-5-7-17/h3-9,14H,10-13,15H2,1-2H3/b22-16+. The van der Waals surface area contributed by atoms with Crippen molar-refractivity contribution in [1.29, 1.82) is 0 Å². The van der Waals surface area contributed by atoms with Crippen molar-refractivity contribution in [2.45, 2.75) is 6.92 Å². The van der Waals surface area contributed by atoms with Crippen LogP contribution in [-0.2, 0) is 4.79 Å². The molecule has 0 saturated carbocycles. The quantitative estimate of drug-likeness (QED) is 0.682. The third-order valence-electron chi connectivity index (χ3n) is 6.11. The number of rotatable bonds is 2. The molecule has 0 N–H and O–H groups in total. The molecule has 0 unspecified atom stereocenters. The van der Waals surface area contributed by atoms with Crippen LogP contribution in [0.1, 0.15) is 18.1 Å². The van der Waals surface area contributed by atoms with E-state index in [2.05, 4.69) is 16.8 Å². The van der Waals surface area contributed by atoms with Crippen LogP contribution in [0.3, 0.4) is 0 Å². The zero-order chi connectivity index (χ0) is 21.5. The second-order valence-electron chi connectivity index (χ2n) is 8.09. The van der Waals surface area contributed by atoms with Crippen LogP contribution in [0.4, 0.5) is 5.69 Å². The van der Waals surface area contributed by atoms with Crippen LogP contribution >= 0.6 is 11.6 Å². The molecule has 0 radical (unpaired) electrons. The Balaban J connectivity index is 1.59. The molecule has 0 spiro atoms. The Hall–Kier alpha value is -2.96. The number of carbonyl (C=O) groups is 1. The van der Waals surface area contributed by atoms with Gasteiger partial charge in [-0.15, -0.1) is 0 Å². The second kappa shape index (κ2) is 7.94. The molecule has 0 aromatic heterocycles. The highest BCUT2D eigenvalue weighted by Gasteiger charge is 2.37. The van der Waals surface area contributed by atoms with Gasteiger partial charge in [0.1, 0.15) is 11.5 Å². The summed E-state index contributed by atoms with van der Waals surface area (Å²) in [6, 6.07) is 15.6. The van der Waals surface area contributed by atoms with Gasteiger partial charge in [-0.2, -0.15) is 0 Å². The number of amidine groups is 1. The van der Waals surface area contributed by atoms with Gasteiger partial charge >= 0.3 is 0 Å². The van der Waals surface area contributed by atoms with Gasteiger partial charge in [0.05, 0.1) is 17.9 Å². The number of hydrogen-bond acceptors (Lipinski definition) is 5. The van der Waals surface area contributed by atoms with Crippen molar-refractivity contribution in [3.8, 4) is 0 Å². The summed E-state index contributed by atoms with van der Waals surface area (Å²) >= 11 is 6.35. The lowest BCUT2D eigenvalue weighted by atomic mass is 10.00. The Bertz CT molecular complexity index is 1130. The normalized spacial score (nSPS) is 20.7. The van der Waals surface area contributed by atoms with Crippen molar-refractivity contribution in [3.63, 3.8) is 0 Å². The predicted molar refractivity (Wildman–Crippen MR) is 125 cm³/mol. The number of halogens is 1. The van der Waals surface area contributed by atoms with Crippen molar-refractivity contribution >= 4 is 34.7 Å². The molecule has 1 amide bonds. The first-order valence-corrected chi connectivity index (χ1v) is 10.9. The summed E-state index contributed by atoms with van der Waals surface area (Å²) in [4.78, 5) is 29.5. The largest absolute Gasteiger partial charge is 0.371 e. The van der Waals surface area contributed by atoms with Gasteiger partial charge in [-0.25, -0.2) is 4.99 Å². The predicted octanol–water partition coefficient (Wildman–Crippen LogP) is 3.42. The molecule has 7 heteroatoms. The summed E-state index contributed by atoms with van der Waals surface area (Å²) in [6.07, 6.45) is 0. The van der Waals surface area contributed by atoms with E-state index in [0.29, 0.717) is 23.1 Å². The van der Waals surface area contributed by atoms with E-state index in [1.54, 1.807) is 4.90 Å². The Labute approximate surface area is 187 Å². The summed E-state index contributed by atoms with van der Waals surface area (Å²) in [5.41, 5.74) is 4.87. The third-order valence-corrected chi connectivity index (χ3v) is 6.34. The number of allylic oxidation sites excluding steroid dienone is 1. The second-order valence-corrected chi connectivity index (χ2v) is 8.52. The van der Waals surface area contributed by atoms with Gasteiger partial charge in [-0.1, -0.05) is 41.9 Å². The maximum absolute atomic E-state index is 13.6. The molecular formula is C24H24ClN5O. The minimum absolute atomic E-state index is 0.0977. The molecule has 6 nitrogen and oxygen atoms in total. The number of aliphatic imine (C=N–C) groups is 2. The smallest absolute Gasteiger partial charge is 0.284 e. The number of nitrogens with zero attached hydrogens (tertiary/aromatic N) is 5. The monoisotopic (exact) mass is 433 g/mol. The zero-order valence-corrected chi connectivity index (χ0v) is 18.4. The van der Waals surface area contributed by atoms with E-state index >= 15 is 0 Å². The van der Waals surface area contributed by atoms with Crippen LogP contribution < -0.4 is 4.90 Å². The van der Waals surface area contributed by atoms with E-state index in [-0.39, 0.29) is 5.91 Å². The van der Waals surface area contributed by atoms with E-state index in [1.807, 2.05) is 55.5 Å². The minimum Gasteiger partial charge on any atom is -0.371 e. The molecule has 0 aliphatic carbocycles. The summed E-state index contributed by atoms with van der Waals surface area (Å²) in [5.74, 6) is 0.558. The van der Waals surface area contributed by atoms with Crippen molar-refractivity contribution in [1.82, 2.24) is 9.80 Å². The average molecular weight is 434 g/mol. The summed E-state index contributed by atoms with van der Waals surface area (Å²) in [5, 5.41) is 0.610. The van der Waals surface area contributed by atoms with Crippen molar-refractivity contribution in [2.24, 2.45) is 9.98 Å². The summed E-state index contributed by atoms with van der Waals surface area (Å²) < 4.78 is 0. The molecule has 1 saturated heterocycles. The lowest BCUT2D eigenvalue weighted by Gasteiger charge is -2.34. The molecule has 1 fully saturated rings. The van der Waals surface area contributed by atoms with Crippen LogP contribution in [0, 0.1) is 0 Å². The molecule has 2 aromatic carbocycles. The topological polar surface area (TPSA) is 51.5 Å². The molecule has 158 valence electrons. The van der Waals surface area contributed by atoms with Crippen LogP contribution in [0.25, 0.3) is 0 Å². The maximum atomic E-state index is 13.6. The lowest BCUT2D eigenvalue weighted by Crippen LogP contribution is -2.44. The number of likely N-dealkylation sites (N-methyl/N-ethyl adjacent to an activating group) is 1. The molecular weight excluding hydrogens is 410 g/mol. The maximum Gasteiger partial charge on any atom is 0.284 e. The third kappa shape index (κ3) is 3.56. The summed E-state index contributed by atoms with van der Waals surface area (Å²) in [6.45, 7) is 6.08. The number of hydrogen-bond donors (Lipinski definition) is 0. The molecule has 5 rings (SSSR count). The number of anilines is 1. The fraction of sp³-hybridized carbons (Fsp3) is 0.292. The van der Waals surface area contributed by atoms with Crippen LogP contribution in [0.15, 0.2) is 69.9 Å². The first-order chi connectivity index (χ1) is 15.0. The molecule has 3 aliphatic rings. The van der Waals surface area contributed by atoms with Gasteiger partial charge < -0.3 is 9.80 Å². The van der Waals surface area contributed by atoms with E-state index in [9.17, 15) is 4.79 Å². The van der Waals surface area contributed by atoms with Crippen molar-refractivity contribution in [3.05, 3.63) is 76.1 Å². The Morgan fingerprint density at radius 2 is 1.77 bits per heavy atom. The SMILES string of the molecule is C/C(=C1\N=C2CN=C(c3ccccc3)c3cc(Cl)ccc3N2C1=O)N1CCN(C)CC1. The Morgan fingerprint density at radius 1 is 1.03 bits per heavy atom. The highest BCUT2D eigenvalue weighted by molar-refractivity contribution is 6.34. The number of benzene rings is 2. The lowest BCUT2D eigenvalue weighted by molar-refractivity contribution is -0.114. The van der Waals surface area contributed by atoms with Crippen LogP contribution in [0.2, 0.25) is 5.02 Å². The molecule has 3 aliphatic heterocycles. The van der Waals surface area contributed by atoms with Crippen molar-refractivity contribution in [2.75, 3.05) is 44.7 Å². The summed E-state index contributed by atoms with van der Waals surface area (Å²) in [7, 11) is 2.12. The van der Waals surface area contributed by atoms with E-state index in [0.717, 1.165) is 54.4 Å². The Morgan fingerprint density at radius 3 is 2.52 bits per heavy atom. The molecule has 0 bridgehead atoms. The minimum atomic E-state index is -0.0977. The van der Waals surface area contributed by atoms with Crippen molar-refractivity contribution < 1.29 is 4.79 Å². The zero-order valence-electron chi connectivity index (χ0n) is 17.7. The average Bonchev–Trinajstić information content (AvgIpc) is 3.01. The van der Waals surface area contributed by atoms with Gasteiger partial charge in [-0.3, -0.25) is 14.7 Å². The van der Waals surface area contributed by atoms with Gasteiger partial charge in [0.2, 0.25) is 0 Å². The Kier molecular flexibility index (Phi) is 5.12. The van der Waals surface area contributed by atoms with E-state index < -0.39 is 0 Å². The molecule has 0 atom stereocenters. The first kappa shape index (κ1) is 20.0. The molecule has 31 heavy (non-hydrogen) atoms. The van der Waals surface area contributed by atoms with Gasteiger partial charge in [0.25, 0.3) is 5.91 Å². The van der Waals surface area contributed by atoms with Crippen LogP contribution in [0.5, 0.6) is 0 Å². The highest BCUT2D eigenvalue weighted by Crippen LogP contribution is 2.34. The van der Waals surface area contributed by atoms with Gasteiger partial charge in [0, 0.05) is 48.0 Å². The molecule has 2 aromatic rings. The number of piperazine rings is 1. The number of carbonyl (C=O) groups excluding carboxylic acids is 1. The highest BCUT2D eigenvalue weighted by atomic mass is 35.5.